The molecule has 1 aliphatic rings. The highest BCUT2D eigenvalue weighted by atomic mass is 32.2. The van der Waals surface area contributed by atoms with Gasteiger partial charge >= 0.3 is 0 Å². The van der Waals surface area contributed by atoms with Gasteiger partial charge in [0.1, 0.15) is 5.82 Å². The predicted octanol–water partition coefficient (Wildman–Crippen LogP) is 4.70. The van der Waals surface area contributed by atoms with Crippen LogP contribution in [0, 0.1) is 5.82 Å². The molecule has 0 aliphatic carbocycles. The van der Waals surface area contributed by atoms with Crippen LogP contribution in [0.25, 0.3) is 11.1 Å². The van der Waals surface area contributed by atoms with Gasteiger partial charge in [-0.05, 0) is 68.7 Å². The Morgan fingerprint density at radius 2 is 1.71 bits per heavy atom. The van der Waals surface area contributed by atoms with Gasteiger partial charge in [-0.25, -0.2) is 12.8 Å². The van der Waals surface area contributed by atoms with Crippen molar-refractivity contribution in [2.45, 2.75) is 50.6 Å². The minimum atomic E-state index is -3.29. The van der Waals surface area contributed by atoms with Crippen LogP contribution in [0.15, 0.2) is 53.4 Å². The summed E-state index contributed by atoms with van der Waals surface area (Å²) in [5.74, 6) is -0.343. The summed E-state index contributed by atoms with van der Waals surface area (Å²) < 4.78 is 49.7. The maximum atomic E-state index is 13.9. The van der Waals surface area contributed by atoms with E-state index in [9.17, 15) is 12.8 Å². The van der Waals surface area contributed by atoms with Crippen LogP contribution in [0.3, 0.4) is 0 Å². The molecule has 0 spiro atoms. The summed E-state index contributed by atoms with van der Waals surface area (Å²) in [4.78, 5) is 0.246. The Hall–Kier alpha value is -2.02. The molecule has 0 N–H and O–H groups in total. The van der Waals surface area contributed by atoms with Gasteiger partial charge in [0, 0.05) is 11.8 Å². The molecule has 1 heterocycles. The number of ether oxygens (including phenoxy) is 2. The fraction of sp³-hybridized carbons (Fsp3) is 0.364. The summed E-state index contributed by atoms with van der Waals surface area (Å²) in [7, 11) is -3.29. The molecular weight excluding hydrogens is 379 g/mol. The molecule has 150 valence electrons. The average Bonchev–Trinajstić information content (AvgIpc) is 2.83. The van der Waals surface area contributed by atoms with Crippen LogP contribution >= 0.6 is 0 Å². The lowest BCUT2D eigenvalue weighted by Crippen LogP contribution is -2.27. The lowest BCUT2D eigenvalue weighted by Gasteiger charge is -2.24. The molecule has 28 heavy (non-hydrogen) atoms. The van der Waals surface area contributed by atoms with Crippen LogP contribution in [0.1, 0.15) is 38.8 Å². The van der Waals surface area contributed by atoms with Crippen molar-refractivity contribution in [2.75, 3.05) is 6.26 Å². The van der Waals surface area contributed by atoms with Crippen LogP contribution in [0.5, 0.6) is 0 Å². The first-order chi connectivity index (χ1) is 13.0. The van der Waals surface area contributed by atoms with E-state index >= 15 is 0 Å². The first-order valence-electron chi connectivity index (χ1n) is 9.13. The van der Waals surface area contributed by atoms with Crippen molar-refractivity contribution in [3.63, 3.8) is 0 Å². The third kappa shape index (κ3) is 4.19. The van der Waals surface area contributed by atoms with Crippen molar-refractivity contribution >= 4 is 21.0 Å². The fourth-order valence-corrected chi connectivity index (χ4v) is 4.11. The Bertz CT molecular complexity index is 1010. The van der Waals surface area contributed by atoms with Crippen molar-refractivity contribution < 1.29 is 22.3 Å². The molecule has 0 amide bonds. The molecule has 2 aromatic rings. The predicted molar refractivity (Wildman–Crippen MR) is 108 cm³/mol. The molecular formula is C22H25FO4S. The molecule has 0 bridgehead atoms. The van der Waals surface area contributed by atoms with Crippen molar-refractivity contribution in [2.24, 2.45) is 0 Å². The van der Waals surface area contributed by atoms with E-state index in [4.69, 9.17) is 9.47 Å². The molecule has 0 fully saturated rings. The normalized spacial score (nSPS) is 19.5. The fourth-order valence-electron chi connectivity index (χ4n) is 3.48. The van der Waals surface area contributed by atoms with Crippen molar-refractivity contribution in [3.05, 3.63) is 65.5 Å². The first-order valence-corrected chi connectivity index (χ1v) is 11.0. The topological polar surface area (TPSA) is 52.6 Å². The van der Waals surface area contributed by atoms with E-state index in [1.165, 1.54) is 18.4 Å². The molecule has 0 saturated heterocycles. The summed E-state index contributed by atoms with van der Waals surface area (Å²) in [5, 5.41) is 0. The molecule has 0 saturated carbocycles. The minimum absolute atomic E-state index is 0.0867. The van der Waals surface area contributed by atoms with E-state index in [0.29, 0.717) is 5.56 Å². The van der Waals surface area contributed by atoms with E-state index in [2.05, 4.69) is 0 Å². The summed E-state index contributed by atoms with van der Waals surface area (Å²) >= 11 is 0. The molecule has 0 aromatic heterocycles. The summed E-state index contributed by atoms with van der Waals surface area (Å²) in [6.07, 6.45) is 0.437. The van der Waals surface area contributed by atoms with Crippen LogP contribution in [0.2, 0.25) is 0 Å². The smallest absolute Gasteiger partial charge is 0.186 e. The Kier molecular flexibility index (Phi) is 5.49. The highest BCUT2D eigenvalue weighted by Gasteiger charge is 2.42. The second kappa shape index (κ2) is 7.43. The quantitative estimate of drug-likeness (QED) is 0.725. The van der Waals surface area contributed by atoms with Gasteiger partial charge in [-0.1, -0.05) is 24.3 Å². The molecule has 2 aromatic carbocycles. The molecule has 1 aliphatic heterocycles. The molecule has 1 unspecified atom stereocenters. The van der Waals surface area contributed by atoms with Gasteiger partial charge < -0.3 is 9.47 Å². The monoisotopic (exact) mass is 404 g/mol. The van der Waals surface area contributed by atoms with E-state index < -0.39 is 21.7 Å². The highest BCUT2D eigenvalue weighted by Crippen LogP contribution is 2.47. The van der Waals surface area contributed by atoms with E-state index in [1.54, 1.807) is 30.3 Å². The number of hydrogen-bond acceptors (Lipinski definition) is 4. The summed E-state index contributed by atoms with van der Waals surface area (Å²) in [5.41, 5.74) is 2.40. The number of rotatable bonds is 5. The lowest BCUT2D eigenvalue weighted by molar-refractivity contribution is -0.155. The summed E-state index contributed by atoms with van der Waals surface area (Å²) in [6, 6.07) is 13.0. The molecule has 4 nitrogen and oxygen atoms in total. The third-order valence-electron chi connectivity index (χ3n) is 4.61. The largest absolute Gasteiger partial charge is 0.346 e. The zero-order chi connectivity index (χ0) is 20.7. The number of halogens is 1. The van der Waals surface area contributed by atoms with E-state index in [1.807, 2.05) is 33.8 Å². The van der Waals surface area contributed by atoms with Crippen LogP contribution in [-0.4, -0.2) is 32.7 Å². The minimum Gasteiger partial charge on any atom is -0.346 e. The zero-order valence-corrected chi connectivity index (χ0v) is 17.5. The van der Waals surface area contributed by atoms with Gasteiger partial charge in [0.15, 0.2) is 16.1 Å². The average molecular weight is 405 g/mol. The van der Waals surface area contributed by atoms with Crippen LogP contribution in [0.4, 0.5) is 4.39 Å². The van der Waals surface area contributed by atoms with E-state index in [0.717, 1.165) is 16.7 Å². The molecule has 6 heteroatoms. The van der Waals surface area contributed by atoms with Gasteiger partial charge in [0.05, 0.1) is 16.6 Å². The van der Waals surface area contributed by atoms with Gasteiger partial charge in [-0.2, -0.15) is 0 Å². The Morgan fingerprint density at radius 3 is 2.25 bits per heavy atom. The summed E-state index contributed by atoms with van der Waals surface area (Å²) in [6.45, 7) is 7.68. The zero-order valence-electron chi connectivity index (χ0n) is 16.7. The second-order valence-corrected chi connectivity index (χ2v) is 9.76. The maximum Gasteiger partial charge on any atom is 0.186 e. The first kappa shape index (κ1) is 20.7. The van der Waals surface area contributed by atoms with Crippen LogP contribution < -0.4 is 0 Å². The number of hydrogen-bond donors (Lipinski definition) is 0. The highest BCUT2D eigenvalue weighted by molar-refractivity contribution is 7.90. The second-order valence-electron chi connectivity index (χ2n) is 7.74. The van der Waals surface area contributed by atoms with Crippen molar-refractivity contribution in [1.29, 1.82) is 0 Å². The molecule has 3 rings (SSSR count). The van der Waals surface area contributed by atoms with E-state index in [-0.39, 0.29) is 16.8 Å². The van der Waals surface area contributed by atoms with Gasteiger partial charge in [0.2, 0.25) is 0 Å². The SMILES string of the molecule is CC(C)OC1OC(C)(C)C(c2ccc(S(C)(=O)=O)cc2)=C1c1cccc(F)c1. The Morgan fingerprint density at radius 1 is 1.07 bits per heavy atom. The molecule has 1 atom stereocenters. The lowest BCUT2D eigenvalue weighted by atomic mass is 9.86. The van der Waals surface area contributed by atoms with Crippen molar-refractivity contribution in [3.8, 4) is 0 Å². The Labute approximate surface area is 165 Å². The maximum absolute atomic E-state index is 13.9. The van der Waals surface area contributed by atoms with Gasteiger partial charge in [0.25, 0.3) is 0 Å². The van der Waals surface area contributed by atoms with Crippen LogP contribution in [-0.2, 0) is 19.3 Å². The standard InChI is InChI=1S/C22H25FO4S/c1-14(2)26-21-19(16-7-6-8-17(23)13-16)20(22(3,4)27-21)15-9-11-18(12-10-15)28(5,24)25/h6-14,21H,1-5H3. The number of sulfone groups is 1. The number of benzene rings is 2. The van der Waals surface area contributed by atoms with Crippen molar-refractivity contribution in [1.82, 2.24) is 0 Å². The Balaban J connectivity index is 2.22. The van der Waals surface area contributed by atoms with Gasteiger partial charge in [-0.15, -0.1) is 0 Å². The molecule has 0 radical (unpaired) electrons. The third-order valence-corrected chi connectivity index (χ3v) is 5.74. The van der Waals surface area contributed by atoms with Gasteiger partial charge in [-0.3, -0.25) is 0 Å².